The van der Waals surface area contributed by atoms with Crippen LogP contribution in [0.1, 0.15) is 110 Å². The molecule has 8 atom stereocenters. The minimum absolute atomic E-state index is 0.0113. The van der Waals surface area contributed by atoms with E-state index in [9.17, 15) is 15.3 Å². The molecule has 3 nitrogen and oxygen atoms in total. The van der Waals surface area contributed by atoms with Crippen LogP contribution in [0.15, 0.2) is 6.07 Å². The molecular formula is C31H46O3. The number of phenols is 3. The summed E-state index contributed by atoms with van der Waals surface area (Å²) in [6.07, 6.45) is 12.5. The van der Waals surface area contributed by atoms with E-state index in [1.54, 1.807) is 0 Å². The summed E-state index contributed by atoms with van der Waals surface area (Å²) < 4.78 is 0. The largest absolute Gasteiger partial charge is 0.508 e. The van der Waals surface area contributed by atoms with Crippen LogP contribution >= 0.6 is 0 Å². The van der Waals surface area contributed by atoms with Gasteiger partial charge in [0.05, 0.1) is 0 Å². The summed E-state index contributed by atoms with van der Waals surface area (Å²) in [6, 6.07) is 1.35. The van der Waals surface area contributed by atoms with Gasteiger partial charge in [0.15, 0.2) is 11.5 Å². The summed E-state index contributed by atoms with van der Waals surface area (Å²) in [7, 11) is 0. The van der Waals surface area contributed by atoms with E-state index in [0.717, 1.165) is 35.8 Å². The molecule has 3 N–H and O–H groups in total. The third-order valence-electron chi connectivity index (χ3n) is 13.3. The minimum Gasteiger partial charge on any atom is -0.508 e. The molecule has 4 saturated carbocycles. The maximum atomic E-state index is 10.9. The lowest BCUT2D eigenvalue weighted by molar-refractivity contribution is -0.216. The quantitative estimate of drug-likeness (QED) is 0.271. The second kappa shape index (κ2) is 6.68. The number of rotatable bonds is 0. The van der Waals surface area contributed by atoms with Gasteiger partial charge in [-0.25, -0.2) is 0 Å². The number of aromatic hydroxyl groups is 3. The first-order valence-corrected chi connectivity index (χ1v) is 14.1. The predicted molar refractivity (Wildman–Crippen MR) is 136 cm³/mol. The third kappa shape index (κ3) is 2.55. The molecule has 0 amide bonds. The van der Waals surface area contributed by atoms with Crippen molar-refractivity contribution < 1.29 is 15.3 Å². The average molecular weight is 467 g/mol. The van der Waals surface area contributed by atoms with Crippen molar-refractivity contribution in [2.24, 2.45) is 45.3 Å². The Morgan fingerprint density at radius 2 is 1.21 bits per heavy atom. The number of benzene rings is 1. The van der Waals surface area contributed by atoms with Crippen molar-refractivity contribution in [3.8, 4) is 17.2 Å². The number of hydrogen-bond donors (Lipinski definition) is 3. The van der Waals surface area contributed by atoms with Crippen molar-refractivity contribution in [1.82, 2.24) is 0 Å². The minimum atomic E-state index is -0.183. The first-order chi connectivity index (χ1) is 15.8. The Balaban J connectivity index is 1.41. The highest BCUT2D eigenvalue weighted by Crippen LogP contribution is 2.76. The molecule has 5 aliphatic rings. The predicted octanol–water partition coefficient (Wildman–Crippen LogP) is 7.69. The van der Waals surface area contributed by atoms with Gasteiger partial charge in [0.25, 0.3) is 0 Å². The van der Waals surface area contributed by atoms with Crippen LogP contribution in [0.25, 0.3) is 0 Å². The van der Waals surface area contributed by atoms with E-state index in [1.165, 1.54) is 57.4 Å². The van der Waals surface area contributed by atoms with Crippen LogP contribution in [-0.4, -0.2) is 15.3 Å². The Hall–Kier alpha value is -1.38. The second-order valence-electron chi connectivity index (χ2n) is 14.9. The molecule has 4 fully saturated rings. The monoisotopic (exact) mass is 466 g/mol. The molecule has 3 heteroatoms. The van der Waals surface area contributed by atoms with Crippen LogP contribution in [0.2, 0.25) is 0 Å². The molecule has 0 spiro atoms. The lowest BCUT2D eigenvalue weighted by Crippen LogP contribution is -2.64. The Morgan fingerprint density at radius 3 is 1.88 bits per heavy atom. The molecule has 5 aliphatic carbocycles. The van der Waals surface area contributed by atoms with Crippen molar-refractivity contribution in [2.75, 3.05) is 0 Å². The van der Waals surface area contributed by atoms with Gasteiger partial charge in [0.1, 0.15) is 5.75 Å². The molecule has 0 aromatic heterocycles. The van der Waals surface area contributed by atoms with E-state index in [4.69, 9.17) is 0 Å². The lowest BCUT2D eigenvalue weighted by Gasteiger charge is -2.71. The fraction of sp³-hybridized carbons (Fsp3) is 0.806. The molecule has 3 unspecified atom stereocenters. The number of fused-ring (bicyclic) bond motifs is 9. The summed E-state index contributed by atoms with van der Waals surface area (Å²) in [5.74, 6) is 2.74. The molecule has 6 rings (SSSR count). The molecule has 34 heavy (non-hydrogen) atoms. The van der Waals surface area contributed by atoms with Crippen LogP contribution < -0.4 is 0 Å². The molecule has 1 aromatic rings. The van der Waals surface area contributed by atoms with Gasteiger partial charge < -0.3 is 15.3 Å². The average Bonchev–Trinajstić information content (AvgIpc) is 3.06. The maximum absolute atomic E-state index is 10.9. The smallest absolute Gasteiger partial charge is 0.161 e. The summed E-state index contributed by atoms with van der Waals surface area (Å²) in [4.78, 5) is 0. The Labute approximate surface area is 206 Å². The van der Waals surface area contributed by atoms with Gasteiger partial charge in [-0.15, -0.1) is 0 Å². The molecule has 0 bridgehead atoms. The zero-order chi connectivity index (χ0) is 24.5. The normalized spacial score (nSPS) is 48.8. The Kier molecular flexibility index (Phi) is 4.53. The highest BCUT2D eigenvalue weighted by Gasteiger charge is 2.68. The van der Waals surface area contributed by atoms with E-state index >= 15 is 0 Å². The van der Waals surface area contributed by atoms with Crippen LogP contribution in [0.3, 0.4) is 0 Å². The summed E-state index contributed by atoms with van der Waals surface area (Å²) in [5, 5.41) is 32.0. The molecule has 188 valence electrons. The molecule has 0 saturated heterocycles. The first kappa shape index (κ1) is 23.0. The molecule has 1 aromatic carbocycles. The van der Waals surface area contributed by atoms with Crippen molar-refractivity contribution in [1.29, 1.82) is 0 Å². The van der Waals surface area contributed by atoms with Crippen molar-refractivity contribution in [3.63, 3.8) is 0 Å². The van der Waals surface area contributed by atoms with Crippen molar-refractivity contribution >= 4 is 0 Å². The second-order valence-corrected chi connectivity index (χ2v) is 14.9. The van der Waals surface area contributed by atoms with Gasteiger partial charge in [-0.2, -0.15) is 0 Å². The van der Waals surface area contributed by atoms with Gasteiger partial charge in [-0.1, -0.05) is 48.0 Å². The zero-order valence-electron chi connectivity index (χ0n) is 22.3. The Bertz CT molecular complexity index is 1040. The highest BCUT2D eigenvalue weighted by atomic mass is 16.3. The van der Waals surface area contributed by atoms with E-state index in [0.29, 0.717) is 28.1 Å². The van der Waals surface area contributed by atoms with E-state index < -0.39 is 0 Å². The summed E-state index contributed by atoms with van der Waals surface area (Å²) >= 11 is 0. The highest BCUT2D eigenvalue weighted by molar-refractivity contribution is 5.61. The topological polar surface area (TPSA) is 60.7 Å². The van der Waals surface area contributed by atoms with E-state index in [2.05, 4.69) is 41.5 Å². The van der Waals surface area contributed by atoms with Crippen LogP contribution in [-0.2, 0) is 11.8 Å². The fourth-order valence-corrected chi connectivity index (χ4v) is 12.0. The van der Waals surface area contributed by atoms with Crippen molar-refractivity contribution in [3.05, 3.63) is 17.2 Å². The maximum Gasteiger partial charge on any atom is 0.161 e. The molecule has 0 radical (unpaired) electrons. The molecule has 0 aliphatic heterocycles. The third-order valence-corrected chi connectivity index (χ3v) is 13.3. The standard InChI is InChI=1S/C31H46O3/c1-27(2)11-7-12-28(3)21(27)8-13-29(4)22(28)9-14-30(5)23(29)10-15-31(6)24(30)16-18-19(32)17-20(33)26(34)25(18)31/h17,21-24,32-34H,7-16H2,1-6H3/t21?,22?,23?,24-,28-,29+,30-,31-/m0/s1. The van der Waals surface area contributed by atoms with Gasteiger partial charge in [0, 0.05) is 22.6 Å². The molecule has 0 heterocycles. The van der Waals surface area contributed by atoms with Crippen molar-refractivity contribution in [2.45, 2.75) is 111 Å². The van der Waals surface area contributed by atoms with E-state index in [-0.39, 0.29) is 28.1 Å². The zero-order valence-corrected chi connectivity index (χ0v) is 22.3. The summed E-state index contributed by atoms with van der Waals surface area (Å²) in [6.45, 7) is 15.3. The number of hydrogen-bond acceptors (Lipinski definition) is 3. The van der Waals surface area contributed by atoms with Crippen LogP contribution in [0.4, 0.5) is 0 Å². The van der Waals surface area contributed by atoms with E-state index in [1.807, 2.05) is 0 Å². The fourth-order valence-electron chi connectivity index (χ4n) is 12.0. The van der Waals surface area contributed by atoms with Gasteiger partial charge in [-0.3, -0.25) is 0 Å². The SMILES string of the molecule is CC1(C)CCC[C@@]2(C)C1CC[C@]1(C)C2CC[C@@]2(C)C1CC[C@]1(C)c3c(O)c(O)cc(O)c3C[C@@H]21. The summed E-state index contributed by atoms with van der Waals surface area (Å²) in [5.41, 5.74) is 3.03. The number of phenolic OH excluding ortho intramolecular Hbond substituents is 3. The van der Waals surface area contributed by atoms with Gasteiger partial charge in [0.2, 0.25) is 0 Å². The lowest BCUT2D eigenvalue weighted by atomic mass is 9.34. The molecular weight excluding hydrogens is 420 g/mol. The van der Waals surface area contributed by atoms with Gasteiger partial charge in [-0.05, 0) is 103 Å². The van der Waals surface area contributed by atoms with Crippen LogP contribution in [0.5, 0.6) is 17.2 Å². The van der Waals surface area contributed by atoms with Crippen LogP contribution in [0, 0.1) is 45.3 Å². The van der Waals surface area contributed by atoms with Gasteiger partial charge >= 0.3 is 0 Å². The first-order valence-electron chi connectivity index (χ1n) is 14.1. The Morgan fingerprint density at radius 1 is 0.647 bits per heavy atom.